The molecule has 26 heavy (non-hydrogen) atoms. The molecule has 0 radical (unpaired) electrons. The van der Waals surface area contributed by atoms with Gasteiger partial charge in [-0.25, -0.2) is 4.39 Å². The molecule has 1 aromatic carbocycles. The molecule has 0 nitrogen and oxygen atoms in total. The summed E-state index contributed by atoms with van der Waals surface area (Å²) in [6, 6.07) is 3.96. The summed E-state index contributed by atoms with van der Waals surface area (Å²) in [6.45, 7) is 2.25. The molecule has 0 N–H and O–H groups in total. The Morgan fingerprint density at radius 3 is 2.54 bits per heavy atom. The van der Waals surface area contributed by atoms with Crippen molar-refractivity contribution < 1.29 is 13.2 Å². The van der Waals surface area contributed by atoms with Gasteiger partial charge in [0.05, 0.1) is 0 Å². The minimum Gasteiger partial charge on any atom is -0.207 e. The minimum absolute atomic E-state index is 0.0163. The van der Waals surface area contributed by atoms with Gasteiger partial charge in [0.1, 0.15) is 5.82 Å². The third-order valence-electron chi connectivity index (χ3n) is 7.25. The van der Waals surface area contributed by atoms with Gasteiger partial charge in [-0.1, -0.05) is 13.0 Å². The number of benzene rings is 1. The first kappa shape index (κ1) is 18.1. The van der Waals surface area contributed by atoms with E-state index in [4.69, 9.17) is 0 Å². The predicted molar refractivity (Wildman–Crippen MR) is 98.8 cm³/mol. The molecule has 5 unspecified atom stereocenters. The molecule has 2 fully saturated rings. The monoisotopic (exact) mass is 362 g/mol. The lowest BCUT2D eigenvalue weighted by atomic mass is 9.63. The lowest BCUT2D eigenvalue weighted by Gasteiger charge is -2.42. The van der Waals surface area contributed by atoms with Gasteiger partial charge in [-0.2, -0.15) is 8.78 Å². The third-order valence-corrected chi connectivity index (χ3v) is 7.25. The highest BCUT2D eigenvalue weighted by Crippen LogP contribution is 2.48. The Morgan fingerprint density at radius 1 is 0.962 bits per heavy atom. The van der Waals surface area contributed by atoms with Crippen LogP contribution in [-0.2, 0) is 12.8 Å². The Hall–Kier alpha value is -1.25. The van der Waals surface area contributed by atoms with Crippen LogP contribution < -0.4 is 0 Å². The number of halogens is 3. The fraction of sp³-hybridized carbons (Fsp3) is 0.652. The smallest absolute Gasteiger partial charge is 0.207 e. The molecular weight excluding hydrogens is 333 g/mol. The highest BCUT2D eigenvalue weighted by molar-refractivity contribution is 5.37. The van der Waals surface area contributed by atoms with Gasteiger partial charge in [0, 0.05) is 0 Å². The molecule has 2 saturated carbocycles. The first-order valence-electron chi connectivity index (χ1n) is 10.3. The number of allylic oxidation sites excluding steroid dienone is 1. The van der Waals surface area contributed by atoms with E-state index in [0.717, 1.165) is 63.0 Å². The molecule has 1 aromatic rings. The molecule has 142 valence electrons. The number of fused-ring (bicyclic) bond motifs is 2. The van der Waals surface area contributed by atoms with E-state index < -0.39 is 6.08 Å². The first-order chi connectivity index (χ1) is 12.5. The van der Waals surface area contributed by atoms with E-state index in [2.05, 4.69) is 13.0 Å². The highest BCUT2D eigenvalue weighted by atomic mass is 19.3. The van der Waals surface area contributed by atoms with Crippen LogP contribution in [0.4, 0.5) is 13.2 Å². The molecule has 0 aromatic heterocycles. The topological polar surface area (TPSA) is 0 Å². The summed E-state index contributed by atoms with van der Waals surface area (Å²) in [5.41, 5.74) is 3.49. The summed E-state index contributed by atoms with van der Waals surface area (Å²) >= 11 is 0. The van der Waals surface area contributed by atoms with E-state index in [1.54, 1.807) is 6.07 Å². The normalized spacial score (nSPS) is 33.9. The van der Waals surface area contributed by atoms with E-state index in [1.807, 2.05) is 0 Å². The largest absolute Gasteiger partial charge is 0.266 e. The van der Waals surface area contributed by atoms with Gasteiger partial charge in [-0.05, 0) is 116 Å². The van der Waals surface area contributed by atoms with Gasteiger partial charge >= 0.3 is 0 Å². The van der Waals surface area contributed by atoms with Crippen molar-refractivity contribution in [2.45, 2.75) is 70.6 Å². The zero-order valence-electron chi connectivity index (χ0n) is 15.6. The Labute approximate surface area is 154 Å². The summed E-state index contributed by atoms with van der Waals surface area (Å²) in [5.74, 6) is 2.11. The standard InChI is InChI=1S/C23H29F3/c1-14-2-4-18-12-21(22(24)13-20(18)8-14)19-7-6-16-9-15(10-23(25)26)3-5-17(16)11-19/h10,12-17,19H,2-9,11H2,1H3. The summed E-state index contributed by atoms with van der Waals surface area (Å²) in [6.07, 6.45) is 8.75. The SMILES string of the molecule is CC1CCc2cc(C3CCC4CC(C=C(F)F)CCC4C3)c(F)cc2C1. The molecule has 0 saturated heterocycles. The molecule has 0 heterocycles. The second kappa shape index (κ2) is 7.40. The van der Waals surface area contributed by atoms with Crippen LogP contribution in [0, 0.1) is 29.5 Å². The van der Waals surface area contributed by atoms with Crippen molar-refractivity contribution >= 4 is 0 Å². The lowest BCUT2D eigenvalue weighted by molar-refractivity contribution is 0.131. The molecule has 4 rings (SSSR count). The summed E-state index contributed by atoms with van der Waals surface area (Å²) in [7, 11) is 0. The summed E-state index contributed by atoms with van der Waals surface area (Å²) in [4.78, 5) is 0. The molecule has 3 heteroatoms. The number of hydrogen-bond donors (Lipinski definition) is 0. The Bertz CT molecular complexity index is 689. The molecule has 0 amide bonds. The predicted octanol–water partition coefficient (Wildman–Crippen LogP) is 7.03. The zero-order chi connectivity index (χ0) is 18.3. The van der Waals surface area contributed by atoms with E-state index in [0.29, 0.717) is 23.7 Å². The van der Waals surface area contributed by atoms with Crippen LogP contribution in [-0.4, -0.2) is 0 Å². The van der Waals surface area contributed by atoms with Crippen LogP contribution in [0.1, 0.15) is 74.5 Å². The lowest BCUT2D eigenvalue weighted by Crippen LogP contribution is -2.30. The van der Waals surface area contributed by atoms with Crippen molar-refractivity contribution in [3.63, 3.8) is 0 Å². The Balaban J connectivity index is 1.47. The quantitative estimate of drug-likeness (QED) is 0.530. The average Bonchev–Trinajstić information content (AvgIpc) is 2.60. The van der Waals surface area contributed by atoms with Gasteiger partial charge in [0.2, 0.25) is 0 Å². The summed E-state index contributed by atoms with van der Waals surface area (Å²) in [5, 5.41) is 0. The number of aryl methyl sites for hydroxylation is 1. The van der Waals surface area contributed by atoms with Crippen molar-refractivity contribution in [3.8, 4) is 0 Å². The molecule has 5 atom stereocenters. The maximum Gasteiger partial charge on any atom is 0.266 e. The third kappa shape index (κ3) is 3.73. The highest BCUT2D eigenvalue weighted by Gasteiger charge is 2.36. The van der Waals surface area contributed by atoms with Gasteiger partial charge in [0.25, 0.3) is 6.08 Å². The maximum absolute atomic E-state index is 14.8. The van der Waals surface area contributed by atoms with Crippen molar-refractivity contribution in [1.82, 2.24) is 0 Å². The van der Waals surface area contributed by atoms with Crippen LogP contribution >= 0.6 is 0 Å². The summed E-state index contributed by atoms with van der Waals surface area (Å²) < 4.78 is 39.9. The van der Waals surface area contributed by atoms with E-state index in [9.17, 15) is 13.2 Å². The molecule has 0 aliphatic heterocycles. The van der Waals surface area contributed by atoms with Crippen molar-refractivity contribution in [3.05, 3.63) is 46.8 Å². The minimum atomic E-state index is -1.53. The van der Waals surface area contributed by atoms with Crippen LogP contribution in [0.5, 0.6) is 0 Å². The van der Waals surface area contributed by atoms with Crippen LogP contribution in [0.3, 0.4) is 0 Å². The van der Waals surface area contributed by atoms with Crippen molar-refractivity contribution in [1.29, 1.82) is 0 Å². The second-order valence-corrected chi connectivity index (χ2v) is 9.05. The van der Waals surface area contributed by atoms with E-state index >= 15 is 0 Å². The Kier molecular flexibility index (Phi) is 5.16. The molecule has 3 aliphatic rings. The molecule has 3 aliphatic carbocycles. The maximum atomic E-state index is 14.8. The van der Waals surface area contributed by atoms with Gasteiger partial charge in [-0.3, -0.25) is 0 Å². The van der Waals surface area contributed by atoms with Crippen molar-refractivity contribution in [2.75, 3.05) is 0 Å². The Morgan fingerprint density at radius 2 is 1.73 bits per heavy atom. The number of rotatable bonds is 2. The fourth-order valence-corrected chi connectivity index (χ4v) is 5.83. The number of hydrogen-bond acceptors (Lipinski definition) is 0. The fourth-order valence-electron chi connectivity index (χ4n) is 5.83. The van der Waals surface area contributed by atoms with Crippen molar-refractivity contribution in [2.24, 2.45) is 23.7 Å². The average molecular weight is 362 g/mol. The zero-order valence-corrected chi connectivity index (χ0v) is 15.6. The second-order valence-electron chi connectivity index (χ2n) is 9.05. The van der Waals surface area contributed by atoms with Gasteiger partial charge in [-0.15, -0.1) is 0 Å². The van der Waals surface area contributed by atoms with Gasteiger partial charge in [0.15, 0.2) is 0 Å². The molecular formula is C23H29F3. The van der Waals surface area contributed by atoms with Crippen LogP contribution in [0.15, 0.2) is 24.3 Å². The van der Waals surface area contributed by atoms with E-state index in [1.165, 1.54) is 17.5 Å². The molecule has 0 spiro atoms. The first-order valence-corrected chi connectivity index (χ1v) is 10.3. The van der Waals surface area contributed by atoms with Crippen LogP contribution in [0.25, 0.3) is 0 Å². The molecule has 0 bridgehead atoms. The van der Waals surface area contributed by atoms with Crippen LogP contribution in [0.2, 0.25) is 0 Å². The van der Waals surface area contributed by atoms with Gasteiger partial charge < -0.3 is 0 Å². The van der Waals surface area contributed by atoms with E-state index in [-0.39, 0.29) is 11.7 Å².